The molecule has 0 bridgehead atoms. The van der Waals surface area contributed by atoms with Crippen molar-refractivity contribution in [2.24, 2.45) is 17.3 Å². The number of carbonyl (C=O) groups excluding carboxylic acids is 1. The number of hydrogen-bond donors (Lipinski definition) is 1. The standard InChI is InChI=1S/C39H36F2N8O4/c1-3-27-29(40)5-4-22-15-26(50)16-28(31(22)27)34-33(41)35-32(37(44-34)52-2)36(48-12-13-49(30(51)7-11-43)25(19-48)6-10-42)46-38(45-35)53-21-39(8-9-39)20-47-17-23-14-24(23)18-47/h1,4-5,15-16,23-25,50H,6-9,12-14,17-21H2,2H3/t23?,24?,25-/m0/s1. The van der Waals surface area contributed by atoms with E-state index in [0.29, 0.717) is 12.0 Å². The van der Waals surface area contributed by atoms with Gasteiger partial charge in [0.25, 0.3) is 0 Å². The molecule has 2 saturated carbocycles. The monoisotopic (exact) mass is 718 g/mol. The third-order valence-corrected chi connectivity index (χ3v) is 11.1. The van der Waals surface area contributed by atoms with Crippen molar-refractivity contribution in [1.29, 1.82) is 10.5 Å². The Morgan fingerprint density at radius 3 is 2.57 bits per heavy atom. The number of pyridine rings is 1. The van der Waals surface area contributed by atoms with Crippen LogP contribution in [0.2, 0.25) is 0 Å². The number of halogens is 2. The summed E-state index contributed by atoms with van der Waals surface area (Å²) in [7, 11) is 1.36. The van der Waals surface area contributed by atoms with Gasteiger partial charge in [-0.15, -0.1) is 6.42 Å². The van der Waals surface area contributed by atoms with Crippen molar-refractivity contribution in [2.75, 3.05) is 57.9 Å². The summed E-state index contributed by atoms with van der Waals surface area (Å²) >= 11 is 0. The number of likely N-dealkylation sites (tertiary alicyclic amines) is 1. The van der Waals surface area contributed by atoms with Crippen LogP contribution in [0.3, 0.4) is 0 Å². The molecule has 4 fully saturated rings. The number of ether oxygens (including phenoxy) is 2. The number of phenols is 1. The van der Waals surface area contributed by atoms with E-state index >= 15 is 8.78 Å². The highest BCUT2D eigenvalue weighted by Crippen LogP contribution is 2.51. The number of phenolic OH excluding ortho intramolecular Hbond substituents is 1. The normalized spacial score (nSPS) is 21.5. The van der Waals surface area contributed by atoms with Gasteiger partial charge in [-0.05, 0) is 54.7 Å². The van der Waals surface area contributed by atoms with Crippen LogP contribution < -0.4 is 14.4 Å². The number of piperazine rings is 1. The molecule has 2 aromatic carbocycles. The molecule has 2 saturated heterocycles. The molecule has 2 aliphatic carbocycles. The molecule has 0 radical (unpaired) electrons. The summed E-state index contributed by atoms with van der Waals surface area (Å²) in [5, 5.41) is 30.2. The Bertz CT molecular complexity index is 2280. The number of anilines is 1. The van der Waals surface area contributed by atoms with Crippen LogP contribution in [0, 0.1) is 63.9 Å². The van der Waals surface area contributed by atoms with Gasteiger partial charge >= 0.3 is 6.01 Å². The molecule has 3 atom stereocenters. The zero-order chi connectivity index (χ0) is 37.0. The van der Waals surface area contributed by atoms with Crippen molar-refractivity contribution in [2.45, 2.75) is 38.1 Å². The molecule has 53 heavy (non-hydrogen) atoms. The van der Waals surface area contributed by atoms with Crippen molar-refractivity contribution >= 4 is 33.4 Å². The van der Waals surface area contributed by atoms with E-state index < -0.39 is 17.7 Å². The van der Waals surface area contributed by atoms with Gasteiger partial charge < -0.3 is 29.3 Å². The van der Waals surface area contributed by atoms with Gasteiger partial charge in [-0.1, -0.05) is 12.0 Å². The Morgan fingerprint density at radius 1 is 1.08 bits per heavy atom. The van der Waals surface area contributed by atoms with Crippen LogP contribution in [0.25, 0.3) is 32.9 Å². The van der Waals surface area contributed by atoms with Gasteiger partial charge in [-0.2, -0.15) is 20.5 Å². The van der Waals surface area contributed by atoms with E-state index in [1.807, 2.05) is 11.0 Å². The van der Waals surface area contributed by atoms with Crippen LogP contribution in [-0.2, 0) is 4.79 Å². The third kappa shape index (κ3) is 6.25. The van der Waals surface area contributed by atoms with Gasteiger partial charge in [0.2, 0.25) is 11.8 Å². The number of aromatic hydroxyl groups is 1. The first-order valence-electron chi connectivity index (χ1n) is 17.7. The molecule has 2 aliphatic heterocycles. The fourth-order valence-electron chi connectivity index (χ4n) is 8.14. The predicted octanol–water partition coefficient (Wildman–Crippen LogP) is 4.77. The average molecular weight is 719 g/mol. The van der Waals surface area contributed by atoms with Crippen LogP contribution >= 0.6 is 0 Å². The van der Waals surface area contributed by atoms with E-state index in [1.54, 1.807) is 0 Å². The second-order valence-electron chi connectivity index (χ2n) is 14.6. The number of nitriles is 2. The summed E-state index contributed by atoms with van der Waals surface area (Å²) in [5.41, 5.74) is -0.621. The molecular formula is C39H36F2N8O4. The van der Waals surface area contributed by atoms with Crippen LogP contribution in [-0.4, -0.2) is 94.8 Å². The Labute approximate surface area is 304 Å². The number of carbonyl (C=O) groups is 1. The minimum Gasteiger partial charge on any atom is -0.508 e. The van der Waals surface area contributed by atoms with E-state index in [4.69, 9.17) is 26.1 Å². The molecule has 0 spiro atoms. The van der Waals surface area contributed by atoms with Crippen molar-refractivity contribution in [1.82, 2.24) is 24.8 Å². The van der Waals surface area contributed by atoms with Gasteiger partial charge in [-0.3, -0.25) is 4.79 Å². The summed E-state index contributed by atoms with van der Waals surface area (Å²) in [5.74, 6) is 1.94. The quantitative estimate of drug-likeness (QED) is 0.226. The smallest absolute Gasteiger partial charge is 0.319 e. The first kappa shape index (κ1) is 34.3. The van der Waals surface area contributed by atoms with E-state index in [2.05, 4.69) is 26.9 Å². The second kappa shape index (κ2) is 13.3. The summed E-state index contributed by atoms with van der Waals surface area (Å²) in [4.78, 5) is 32.6. The molecular weight excluding hydrogens is 682 g/mol. The van der Waals surface area contributed by atoms with Gasteiger partial charge in [-0.25, -0.2) is 13.8 Å². The highest BCUT2D eigenvalue weighted by atomic mass is 19.1. The zero-order valence-electron chi connectivity index (χ0n) is 29.1. The number of fused-ring (bicyclic) bond motifs is 3. The van der Waals surface area contributed by atoms with Crippen LogP contribution in [0.15, 0.2) is 24.3 Å². The lowest BCUT2D eigenvalue weighted by Crippen LogP contribution is -2.55. The van der Waals surface area contributed by atoms with Gasteiger partial charge in [0.05, 0.1) is 43.9 Å². The number of piperidine rings is 1. The lowest BCUT2D eigenvalue weighted by Gasteiger charge is -2.41. The van der Waals surface area contributed by atoms with E-state index in [-0.39, 0.29) is 100 Å². The topological polar surface area (TPSA) is 152 Å². The maximum absolute atomic E-state index is 17.2. The fourth-order valence-corrected chi connectivity index (χ4v) is 8.14. The van der Waals surface area contributed by atoms with Gasteiger partial charge in [0, 0.05) is 55.6 Å². The SMILES string of the molecule is C#Cc1c(F)ccc2cc(O)cc(-c3nc(OC)c4c(N5CCN(C(=O)CC#N)[C@@H](CC#N)C5)nc(OCC5(CN6CC7CC7C6)CC5)nc4c3F)c12. The molecule has 1 N–H and O–H groups in total. The maximum atomic E-state index is 17.2. The minimum atomic E-state index is -0.901. The van der Waals surface area contributed by atoms with E-state index in [9.17, 15) is 15.2 Å². The zero-order valence-corrected chi connectivity index (χ0v) is 29.1. The van der Waals surface area contributed by atoms with Crippen molar-refractivity contribution in [3.63, 3.8) is 0 Å². The summed E-state index contributed by atoms with van der Waals surface area (Å²) in [6, 6.07) is 8.65. The lowest BCUT2D eigenvalue weighted by atomic mass is 9.95. The molecule has 4 aliphatic rings. The summed E-state index contributed by atoms with van der Waals surface area (Å²) in [6.45, 7) is 4.00. The van der Waals surface area contributed by atoms with Crippen LogP contribution in [0.5, 0.6) is 17.6 Å². The minimum absolute atomic E-state index is 0.00663. The summed E-state index contributed by atoms with van der Waals surface area (Å²) in [6.07, 6.45) is 8.68. The molecule has 2 aromatic heterocycles. The first-order chi connectivity index (χ1) is 25.6. The number of methoxy groups -OCH3 is 1. The van der Waals surface area contributed by atoms with Crippen molar-refractivity contribution in [3.8, 4) is 53.4 Å². The Kier molecular flexibility index (Phi) is 8.63. The van der Waals surface area contributed by atoms with Gasteiger partial charge in [0.15, 0.2) is 5.82 Å². The molecule has 4 heterocycles. The average Bonchev–Trinajstić information content (AvgIpc) is 4.06. The molecule has 270 valence electrons. The molecule has 4 aromatic rings. The number of hydrogen-bond acceptors (Lipinski definition) is 11. The maximum Gasteiger partial charge on any atom is 0.319 e. The molecule has 8 rings (SSSR count). The summed E-state index contributed by atoms with van der Waals surface area (Å²) < 4.78 is 44.3. The van der Waals surface area contributed by atoms with E-state index in [0.717, 1.165) is 44.3 Å². The molecule has 14 heteroatoms. The second-order valence-corrected chi connectivity index (χ2v) is 14.6. The van der Waals surface area contributed by atoms with Crippen molar-refractivity contribution in [3.05, 3.63) is 41.5 Å². The number of nitrogens with zero attached hydrogens (tertiary/aromatic N) is 8. The third-order valence-electron chi connectivity index (χ3n) is 11.1. The Hall–Kier alpha value is -5.78. The van der Waals surface area contributed by atoms with E-state index in [1.165, 1.54) is 42.7 Å². The lowest BCUT2D eigenvalue weighted by molar-refractivity contribution is -0.132. The predicted molar refractivity (Wildman–Crippen MR) is 190 cm³/mol. The molecule has 12 nitrogen and oxygen atoms in total. The number of rotatable bonds is 10. The number of benzene rings is 2. The number of terminal acetylenes is 1. The number of aromatic nitrogens is 3. The Balaban J connectivity index is 1.25. The molecule has 2 unspecified atom stereocenters. The molecule has 1 amide bonds. The first-order valence-corrected chi connectivity index (χ1v) is 17.7. The highest BCUT2D eigenvalue weighted by molar-refractivity contribution is 6.04. The highest BCUT2D eigenvalue weighted by Gasteiger charge is 2.51. The largest absolute Gasteiger partial charge is 0.508 e. The van der Waals surface area contributed by atoms with Crippen LogP contribution in [0.1, 0.15) is 37.7 Å². The van der Waals surface area contributed by atoms with Gasteiger partial charge in [0.1, 0.15) is 40.4 Å². The van der Waals surface area contributed by atoms with Crippen molar-refractivity contribution < 1.29 is 28.2 Å². The van der Waals surface area contributed by atoms with Crippen LogP contribution in [0.4, 0.5) is 14.6 Å². The fraction of sp³-hybridized carbons (Fsp3) is 0.436. The number of amides is 1. The Morgan fingerprint density at radius 2 is 1.87 bits per heavy atom.